The lowest BCUT2D eigenvalue weighted by atomic mass is 9.85. The summed E-state index contributed by atoms with van der Waals surface area (Å²) >= 11 is 0. The van der Waals surface area contributed by atoms with Crippen LogP contribution in [0, 0.1) is 0 Å². The second-order valence-corrected chi connectivity index (χ2v) is 14.5. The molecule has 1 aliphatic carbocycles. The average molecular weight is 725 g/mol. The predicted octanol–water partition coefficient (Wildman–Crippen LogP) is 5.16. The summed E-state index contributed by atoms with van der Waals surface area (Å²) in [5, 5.41) is 49.5. The maximum Gasteiger partial charge on any atom is 0.472 e. The SMILES string of the molecule is CCCCCCCC/C=C\CCCCCCCCCCCC(=O)OC(COC(=O)CCC)COP(=O)(O)OC1C(O)C(O)C(O)C(O)C1O. The molecule has 6 unspecified atom stereocenters. The molecule has 0 radical (unpaired) electrons. The number of aliphatic hydroxyl groups excluding tert-OH is 5. The number of ether oxygens (including phenoxy) is 2. The summed E-state index contributed by atoms with van der Waals surface area (Å²) in [4.78, 5) is 34.5. The number of phosphoric acid groups is 1. The molecule has 13 nitrogen and oxygen atoms in total. The molecule has 0 spiro atoms. The first kappa shape index (κ1) is 45.6. The summed E-state index contributed by atoms with van der Waals surface area (Å²) in [6, 6.07) is 0. The van der Waals surface area contributed by atoms with Crippen molar-refractivity contribution in [3.63, 3.8) is 0 Å². The molecule has 14 heteroatoms. The number of rotatable bonds is 29. The van der Waals surface area contributed by atoms with Crippen LogP contribution in [0.3, 0.4) is 0 Å². The highest BCUT2D eigenvalue weighted by Crippen LogP contribution is 2.47. The van der Waals surface area contributed by atoms with Crippen molar-refractivity contribution >= 4 is 19.8 Å². The van der Waals surface area contributed by atoms with Gasteiger partial charge in [0.1, 0.15) is 43.2 Å². The summed E-state index contributed by atoms with van der Waals surface area (Å²) in [7, 11) is -5.08. The molecule has 0 saturated heterocycles. The number of hydrogen-bond acceptors (Lipinski definition) is 12. The maximum atomic E-state index is 12.6. The minimum atomic E-state index is -5.08. The highest BCUT2D eigenvalue weighted by molar-refractivity contribution is 7.47. The topological polar surface area (TPSA) is 210 Å². The molecule has 49 heavy (non-hydrogen) atoms. The van der Waals surface area contributed by atoms with E-state index >= 15 is 0 Å². The summed E-state index contributed by atoms with van der Waals surface area (Å²) in [6.45, 7) is 2.84. The van der Waals surface area contributed by atoms with E-state index in [9.17, 15) is 44.6 Å². The third-order valence-corrected chi connectivity index (χ3v) is 9.56. The van der Waals surface area contributed by atoms with Crippen molar-refractivity contribution in [2.45, 2.75) is 185 Å². The average Bonchev–Trinajstić information content (AvgIpc) is 3.07. The van der Waals surface area contributed by atoms with Crippen LogP contribution >= 0.6 is 7.82 Å². The molecule has 6 atom stereocenters. The van der Waals surface area contributed by atoms with E-state index in [1.807, 2.05) is 0 Å². The van der Waals surface area contributed by atoms with Gasteiger partial charge in [-0.1, -0.05) is 103 Å². The van der Waals surface area contributed by atoms with E-state index < -0.39 is 75.7 Å². The quantitative estimate of drug-likeness (QED) is 0.0255. The standard InChI is InChI=1S/C35H65O13P/c1-3-5-6-7-8-9-10-11-12-13-14-15-16-17-18-19-20-21-22-24-29(37)47-27(25-45-28(36)23-4-2)26-46-49(43,44)48-35-33(41)31(39)30(38)32(40)34(35)42/h11-12,27,30-35,38-42H,3-10,13-26H2,1-2H3,(H,43,44)/b12-11-. The van der Waals surface area contributed by atoms with Gasteiger partial charge in [-0.05, 0) is 38.5 Å². The van der Waals surface area contributed by atoms with E-state index in [2.05, 4.69) is 19.1 Å². The summed E-state index contributed by atoms with van der Waals surface area (Å²) < 4.78 is 32.7. The third kappa shape index (κ3) is 20.9. The van der Waals surface area contributed by atoms with Gasteiger partial charge in [-0.2, -0.15) is 0 Å². The normalized spacial score (nSPS) is 24.5. The molecule has 1 saturated carbocycles. The van der Waals surface area contributed by atoms with E-state index in [1.165, 1.54) is 70.6 Å². The number of hydrogen-bond donors (Lipinski definition) is 6. The third-order valence-electron chi connectivity index (χ3n) is 8.58. The number of carbonyl (C=O) groups excluding carboxylic acids is 2. The van der Waals surface area contributed by atoms with Crippen molar-refractivity contribution in [1.29, 1.82) is 0 Å². The molecule has 0 amide bonds. The molecule has 0 aromatic heterocycles. The molecule has 1 rings (SSSR count). The van der Waals surface area contributed by atoms with Crippen molar-refractivity contribution in [3.8, 4) is 0 Å². The number of unbranched alkanes of at least 4 members (excludes halogenated alkanes) is 15. The molecule has 0 bridgehead atoms. The Morgan fingerprint density at radius 1 is 0.612 bits per heavy atom. The molecule has 288 valence electrons. The number of carbonyl (C=O) groups is 2. The van der Waals surface area contributed by atoms with Gasteiger partial charge >= 0.3 is 19.8 Å². The highest BCUT2D eigenvalue weighted by Gasteiger charge is 2.51. The molecule has 0 aromatic carbocycles. The summed E-state index contributed by atoms with van der Waals surface area (Å²) in [6.07, 6.45) is 12.1. The van der Waals surface area contributed by atoms with Crippen molar-refractivity contribution in [2.75, 3.05) is 13.2 Å². The van der Waals surface area contributed by atoms with E-state index in [0.717, 1.165) is 32.1 Å². The first-order chi connectivity index (χ1) is 23.4. The second-order valence-electron chi connectivity index (χ2n) is 13.1. The molecule has 0 aliphatic heterocycles. The second kappa shape index (κ2) is 27.3. The zero-order valence-electron chi connectivity index (χ0n) is 29.7. The minimum absolute atomic E-state index is 0.0949. The lowest BCUT2D eigenvalue weighted by Gasteiger charge is -2.41. The summed E-state index contributed by atoms with van der Waals surface area (Å²) in [5.41, 5.74) is 0. The van der Waals surface area contributed by atoms with Crippen molar-refractivity contribution in [1.82, 2.24) is 0 Å². The number of allylic oxidation sites excluding steroid dienone is 2. The van der Waals surface area contributed by atoms with Gasteiger partial charge in [-0.3, -0.25) is 18.6 Å². The molecular formula is C35H65O13P. The minimum Gasteiger partial charge on any atom is -0.462 e. The van der Waals surface area contributed by atoms with E-state index in [4.69, 9.17) is 18.5 Å². The van der Waals surface area contributed by atoms with Crippen molar-refractivity contribution in [2.24, 2.45) is 0 Å². The Bertz CT molecular complexity index is 932. The van der Waals surface area contributed by atoms with Crippen LogP contribution < -0.4 is 0 Å². The van der Waals surface area contributed by atoms with Crippen molar-refractivity contribution in [3.05, 3.63) is 12.2 Å². The van der Waals surface area contributed by atoms with Crippen molar-refractivity contribution < 1.29 is 63.1 Å². The number of phosphoric ester groups is 1. The number of aliphatic hydroxyl groups is 5. The van der Waals surface area contributed by atoms with Crippen LogP contribution in [0.5, 0.6) is 0 Å². The monoisotopic (exact) mass is 724 g/mol. The van der Waals surface area contributed by atoms with Gasteiger partial charge in [-0.15, -0.1) is 0 Å². The Hall–Kier alpha value is -1.41. The first-order valence-corrected chi connectivity index (χ1v) is 20.0. The summed E-state index contributed by atoms with van der Waals surface area (Å²) in [5.74, 6) is -1.16. The lowest BCUT2D eigenvalue weighted by Crippen LogP contribution is -2.64. The molecule has 0 heterocycles. The molecule has 1 aliphatic rings. The highest BCUT2D eigenvalue weighted by atomic mass is 31.2. The Balaban J connectivity index is 2.30. The van der Waals surface area contributed by atoms with Crippen LogP contribution in [0.15, 0.2) is 12.2 Å². The first-order valence-electron chi connectivity index (χ1n) is 18.5. The molecule has 0 aromatic rings. The van der Waals surface area contributed by atoms with Gasteiger partial charge in [0.15, 0.2) is 6.10 Å². The van der Waals surface area contributed by atoms with Crippen LogP contribution in [-0.4, -0.2) is 98.3 Å². The largest absolute Gasteiger partial charge is 0.472 e. The lowest BCUT2D eigenvalue weighted by molar-refractivity contribution is -0.220. The fourth-order valence-electron chi connectivity index (χ4n) is 5.55. The predicted molar refractivity (Wildman–Crippen MR) is 184 cm³/mol. The smallest absolute Gasteiger partial charge is 0.462 e. The van der Waals surface area contributed by atoms with Gasteiger partial charge in [0.05, 0.1) is 6.61 Å². The van der Waals surface area contributed by atoms with Gasteiger partial charge in [0.25, 0.3) is 0 Å². The Morgan fingerprint density at radius 3 is 1.59 bits per heavy atom. The molecular weight excluding hydrogens is 659 g/mol. The Morgan fingerprint density at radius 2 is 1.08 bits per heavy atom. The van der Waals surface area contributed by atoms with Gasteiger partial charge < -0.3 is 39.9 Å². The van der Waals surface area contributed by atoms with E-state index in [0.29, 0.717) is 12.8 Å². The van der Waals surface area contributed by atoms with E-state index in [-0.39, 0.29) is 12.8 Å². The van der Waals surface area contributed by atoms with Crippen LogP contribution in [0.4, 0.5) is 0 Å². The molecule has 1 fully saturated rings. The van der Waals surface area contributed by atoms with E-state index in [1.54, 1.807) is 6.92 Å². The van der Waals surface area contributed by atoms with Crippen LogP contribution in [-0.2, 0) is 32.7 Å². The Labute approximate surface area is 293 Å². The van der Waals surface area contributed by atoms with Crippen LogP contribution in [0.2, 0.25) is 0 Å². The number of esters is 2. The van der Waals surface area contributed by atoms with Gasteiger partial charge in [0, 0.05) is 12.8 Å². The maximum absolute atomic E-state index is 12.6. The fourth-order valence-corrected chi connectivity index (χ4v) is 6.53. The zero-order chi connectivity index (χ0) is 36.5. The zero-order valence-corrected chi connectivity index (χ0v) is 30.6. The van der Waals surface area contributed by atoms with Gasteiger partial charge in [-0.25, -0.2) is 4.57 Å². The van der Waals surface area contributed by atoms with Gasteiger partial charge in [0.2, 0.25) is 0 Å². The molecule has 6 N–H and O–H groups in total. The van der Waals surface area contributed by atoms with Crippen LogP contribution in [0.25, 0.3) is 0 Å². The fraction of sp³-hybridized carbons (Fsp3) is 0.886. The van der Waals surface area contributed by atoms with Crippen LogP contribution in [0.1, 0.15) is 142 Å². The Kier molecular flexibility index (Phi) is 25.4.